The van der Waals surface area contributed by atoms with Crippen molar-refractivity contribution in [2.24, 2.45) is 0 Å². The Labute approximate surface area is 194 Å². The number of nitrogens with one attached hydrogen (secondary N) is 1. The zero-order valence-electron chi connectivity index (χ0n) is 18.3. The van der Waals surface area contributed by atoms with Crippen LogP contribution in [0.1, 0.15) is 43.9 Å². The van der Waals surface area contributed by atoms with E-state index in [0.29, 0.717) is 6.42 Å². The van der Waals surface area contributed by atoms with E-state index in [4.69, 9.17) is 27.9 Å². The summed E-state index contributed by atoms with van der Waals surface area (Å²) in [6.07, 6.45) is 1.96. The summed E-state index contributed by atoms with van der Waals surface area (Å²) in [5.41, 5.74) is 2.11. The second-order valence-electron chi connectivity index (χ2n) is 7.31. The molecule has 0 bridgehead atoms. The summed E-state index contributed by atoms with van der Waals surface area (Å²) in [4.78, 5) is 13.2. The highest BCUT2D eigenvalue weighted by molar-refractivity contribution is 7.92. The minimum absolute atomic E-state index is 0.246. The molecule has 0 aliphatic rings. The van der Waals surface area contributed by atoms with E-state index in [9.17, 15) is 13.2 Å². The monoisotopic (exact) mass is 486 g/mol. The van der Waals surface area contributed by atoms with Crippen molar-refractivity contribution in [2.45, 2.75) is 45.7 Å². The van der Waals surface area contributed by atoms with Crippen LogP contribution in [0.25, 0.3) is 0 Å². The minimum Gasteiger partial charge on any atom is -0.496 e. The van der Waals surface area contributed by atoms with Gasteiger partial charge in [0, 0.05) is 10.0 Å². The number of amides is 1. The second-order valence-corrected chi connectivity index (χ2v) is 10.0. The number of carbonyl (C=O) groups is 1. The Balaban J connectivity index is 2.39. The Bertz CT molecular complexity index is 1020. The number of nitrogens with zero attached hydrogens (tertiary/aromatic N) is 1. The third-order valence-corrected chi connectivity index (χ3v) is 6.59. The molecule has 2 aromatic rings. The summed E-state index contributed by atoms with van der Waals surface area (Å²) >= 11 is 12.2. The lowest BCUT2D eigenvalue weighted by Crippen LogP contribution is -2.50. The maximum absolute atomic E-state index is 13.2. The summed E-state index contributed by atoms with van der Waals surface area (Å²) < 4.78 is 31.7. The van der Waals surface area contributed by atoms with Crippen molar-refractivity contribution in [2.75, 3.05) is 17.7 Å². The van der Waals surface area contributed by atoms with Crippen molar-refractivity contribution >= 4 is 44.8 Å². The minimum atomic E-state index is -3.79. The van der Waals surface area contributed by atoms with Gasteiger partial charge in [-0.3, -0.25) is 9.10 Å². The van der Waals surface area contributed by atoms with Crippen molar-refractivity contribution < 1.29 is 17.9 Å². The Morgan fingerprint density at radius 3 is 2.16 bits per heavy atom. The van der Waals surface area contributed by atoms with E-state index in [1.165, 1.54) is 18.2 Å². The molecule has 2 atom stereocenters. The van der Waals surface area contributed by atoms with Gasteiger partial charge in [0.2, 0.25) is 15.9 Å². The number of sulfonamides is 1. The zero-order chi connectivity index (χ0) is 23.3. The van der Waals surface area contributed by atoms with Gasteiger partial charge >= 0.3 is 0 Å². The Kier molecular flexibility index (Phi) is 8.63. The number of ether oxygens (including phenoxy) is 1. The molecule has 9 heteroatoms. The van der Waals surface area contributed by atoms with Crippen LogP contribution in [0.15, 0.2) is 36.4 Å². The van der Waals surface area contributed by atoms with Crippen LogP contribution in [-0.2, 0) is 14.8 Å². The van der Waals surface area contributed by atoms with Gasteiger partial charge in [-0.05, 0) is 55.2 Å². The number of anilines is 1. The normalized spacial score (nSPS) is 13.4. The molecule has 170 valence electrons. The van der Waals surface area contributed by atoms with Crippen molar-refractivity contribution in [3.63, 3.8) is 0 Å². The summed E-state index contributed by atoms with van der Waals surface area (Å²) in [5.74, 6) is 0.363. The number of hydrogen-bond donors (Lipinski definition) is 1. The SMILES string of the molecule is CC[C@H](NC(=O)[C@@H](CC)N(c1cc(Cl)cc(Cl)c1)S(C)(=O)=O)c1ccc(OC)c(C)c1. The van der Waals surface area contributed by atoms with Gasteiger partial charge in [0.1, 0.15) is 11.8 Å². The van der Waals surface area contributed by atoms with Gasteiger partial charge in [0.05, 0.1) is 25.1 Å². The van der Waals surface area contributed by atoms with Gasteiger partial charge in [0.25, 0.3) is 0 Å². The van der Waals surface area contributed by atoms with Gasteiger partial charge in [-0.1, -0.05) is 49.2 Å². The highest BCUT2D eigenvalue weighted by Crippen LogP contribution is 2.30. The molecule has 0 aliphatic carbocycles. The van der Waals surface area contributed by atoms with Crippen molar-refractivity contribution in [3.8, 4) is 5.75 Å². The van der Waals surface area contributed by atoms with E-state index >= 15 is 0 Å². The molecule has 0 saturated heterocycles. The molecule has 31 heavy (non-hydrogen) atoms. The number of aryl methyl sites for hydroxylation is 1. The van der Waals surface area contributed by atoms with Gasteiger partial charge in [-0.25, -0.2) is 8.42 Å². The van der Waals surface area contributed by atoms with Gasteiger partial charge in [0.15, 0.2) is 0 Å². The maximum atomic E-state index is 13.2. The Morgan fingerprint density at radius 2 is 1.71 bits per heavy atom. The van der Waals surface area contributed by atoms with Crippen LogP contribution >= 0.6 is 23.2 Å². The average molecular weight is 487 g/mol. The fraction of sp³-hybridized carbons (Fsp3) is 0.409. The summed E-state index contributed by atoms with van der Waals surface area (Å²) in [6, 6.07) is 8.93. The van der Waals surface area contributed by atoms with Gasteiger partial charge in [-0.2, -0.15) is 0 Å². The molecule has 0 saturated carbocycles. The van der Waals surface area contributed by atoms with Crippen molar-refractivity contribution in [1.29, 1.82) is 0 Å². The first-order valence-corrected chi connectivity index (χ1v) is 12.5. The molecule has 0 heterocycles. The molecule has 0 spiro atoms. The molecule has 1 N–H and O–H groups in total. The molecule has 0 radical (unpaired) electrons. The van der Waals surface area contributed by atoms with E-state index in [1.807, 2.05) is 32.0 Å². The van der Waals surface area contributed by atoms with Crippen molar-refractivity contribution in [1.82, 2.24) is 5.32 Å². The largest absolute Gasteiger partial charge is 0.496 e. The van der Waals surface area contributed by atoms with Gasteiger partial charge < -0.3 is 10.1 Å². The topological polar surface area (TPSA) is 75.7 Å². The summed E-state index contributed by atoms with van der Waals surface area (Å²) in [7, 11) is -2.19. The molecule has 2 rings (SSSR count). The average Bonchev–Trinajstić information content (AvgIpc) is 2.67. The fourth-order valence-electron chi connectivity index (χ4n) is 3.53. The maximum Gasteiger partial charge on any atom is 0.244 e. The first kappa shape index (κ1) is 25.3. The quantitative estimate of drug-likeness (QED) is 0.533. The van der Waals surface area contributed by atoms with Crippen LogP contribution in [0, 0.1) is 6.92 Å². The first-order chi connectivity index (χ1) is 14.5. The number of carbonyl (C=O) groups excluding carboxylic acids is 1. The molecular weight excluding hydrogens is 459 g/mol. The molecular formula is C22H28Cl2N2O4S. The predicted molar refractivity (Wildman–Crippen MR) is 127 cm³/mol. The van der Waals surface area contributed by atoms with E-state index in [0.717, 1.165) is 27.4 Å². The second kappa shape index (κ2) is 10.6. The molecule has 2 aromatic carbocycles. The van der Waals surface area contributed by atoms with Crippen LogP contribution in [0.5, 0.6) is 5.75 Å². The number of methoxy groups -OCH3 is 1. The van der Waals surface area contributed by atoms with E-state index in [2.05, 4.69) is 5.32 Å². The summed E-state index contributed by atoms with van der Waals surface area (Å²) in [5, 5.41) is 3.57. The number of benzene rings is 2. The Hall–Kier alpha value is -1.96. The number of rotatable bonds is 9. The van der Waals surface area contributed by atoms with E-state index < -0.39 is 22.0 Å². The van der Waals surface area contributed by atoms with Crippen molar-refractivity contribution in [3.05, 3.63) is 57.6 Å². The summed E-state index contributed by atoms with van der Waals surface area (Å²) in [6.45, 7) is 5.64. The van der Waals surface area contributed by atoms with E-state index in [1.54, 1.807) is 14.0 Å². The lowest BCUT2D eigenvalue weighted by atomic mass is 10.0. The fourth-order valence-corrected chi connectivity index (χ4v) is 5.24. The highest BCUT2D eigenvalue weighted by atomic mass is 35.5. The molecule has 6 nitrogen and oxygen atoms in total. The smallest absolute Gasteiger partial charge is 0.244 e. The zero-order valence-corrected chi connectivity index (χ0v) is 20.6. The molecule has 0 unspecified atom stereocenters. The van der Waals surface area contributed by atoms with Gasteiger partial charge in [-0.15, -0.1) is 0 Å². The molecule has 0 aliphatic heterocycles. The number of hydrogen-bond acceptors (Lipinski definition) is 4. The first-order valence-electron chi connectivity index (χ1n) is 9.92. The Morgan fingerprint density at radius 1 is 1.10 bits per heavy atom. The predicted octanol–water partition coefficient (Wildman–Crippen LogP) is 5.12. The molecule has 0 aromatic heterocycles. The van der Waals surface area contributed by atoms with E-state index in [-0.39, 0.29) is 28.2 Å². The third kappa shape index (κ3) is 6.28. The van der Waals surface area contributed by atoms with Crippen LogP contribution in [0.3, 0.4) is 0 Å². The highest BCUT2D eigenvalue weighted by Gasteiger charge is 2.33. The third-order valence-electron chi connectivity index (χ3n) is 4.98. The van der Waals surface area contributed by atoms with Crippen LogP contribution in [0.4, 0.5) is 5.69 Å². The molecule has 1 amide bonds. The van der Waals surface area contributed by atoms with Crippen LogP contribution < -0.4 is 14.4 Å². The number of halogens is 2. The van der Waals surface area contributed by atoms with Crippen LogP contribution in [-0.4, -0.2) is 33.7 Å². The lowest BCUT2D eigenvalue weighted by Gasteiger charge is -2.31. The standard InChI is InChI=1S/C22H28Cl2N2O4S/c1-6-19(15-8-9-21(30-4)14(3)10-15)25-22(27)20(7-2)26(31(5,28)29)18-12-16(23)11-17(24)13-18/h8-13,19-20H,6-7H2,1-5H3,(H,25,27)/t19-,20+/m0/s1. The lowest BCUT2D eigenvalue weighted by molar-refractivity contribution is -0.123. The molecule has 0 fully saturated rings. The van der Waals surface area contributed by atoms with Crippen LogP contribution in [0.2, 0.25) is 10.0 Å².